The Balaban J connectivity index is 1.82. The van der Waals surface area contributed by atoms with Gasteiger partial charge < -0.3 is 14.2 Å². The lowest BCUT2D eigenvalue weighted by atomic mass is 10.2. The fraction of sp³-hybridized carbons (Fsp3) is 0.417. The van der Waals surface area contributed by atoms with Crippen LogP contribution < -0.4 is 10.1 Å². The smallest absolute Gasteiger partial charge is 0.335 e. The summed E-state index contributed by atoms with van der Waals surface area (Å²) in [5.41, 5.74) is 0. The Kier molecular flexibility index (Phi) is 4.28. The van der Waals surface area contributed by atoms with Gasteiger partial charge in [0.2, 0.25) is 0 Å². The van der Waals surface area contributed by atoms with Gasteiger partial charge in [0.05, 0.1) is 19.2 Å². The van der Waals surface area contributed by atoms with E-state index in [1.54, 1.807) is 7.11 Å². The molecule has 17 heavy (non-hydrogen) atoms. The Hall–Kier alpha value is -1.20. The Morgan fingerprint density at radius 2 is 2.18 bits per heavy atom. The third kappa shape index (κ3) is 3.38. The van der Waals surface area contributed by atoms with Crippen molar-refractivity contribution in [3.8, 4) is 5.75 Å². The number of benzene rings is 1. The molecular formula is C12H15NO3S. The molecule has 1 aromatic rings. The number of carbonyl (C=O) groups excluding carboxylic acids is 1. The number of hydrogen-bond acceptors (Lipinski definition) is 5. The molecule has 1 fully saturated rings. The maximum atomic E-state index is 11.6. The van der Waals surface area contributed by atoms with E-state index in [4.69, 9.17) is 8.92 Å². The van der Waals surface area contributed by atoms with Crippen LogP contribution in [0.25, 0.3) is 0 Å². The number of rotatable bonds is 4. The Bertz CT molecular complexity index is 374. The summed E-state index contributed by atoms with van der Waals surface area (Å²) in [4.78, 5) is 12.5. The van der Waals surface area contributed by atoms with E-state index in [2.05, 4.69) is 5.32 Å². The number of carbonyl (C=O) groups is 1. The molecule has 5 heteroatoms. The molecule has 1 saturated heterocycles. The van der Waals surface area contributed by atoms with E-state index in [0.717, 1.165) is 42.1 Å². The highest BCUT2D eigenvalue weighted by atomic mass is 32.2. The summed E-state index contributed by atoms with van der Waals surface area (Å²) >= 11 is 1.09. The molecule has 1 aliphatic rings. The number of nitrogens with one attached hydrogen (secondary N) is 1. The van der Waals surface area contributed by atoms with Crippen molar-refractivity contribution in [2.24, 2.45) is 0 Å². The van der Waals surface area contributed by atoms with Crippen LogP contribution in [0.2, 0.25) is 0 Å². The highest BCUT2D eigenvalue weighted by molar-refractivity contribution is 7.95. The maximum absolute atomic E-state index is 11.6. The van der Waals surface area contributed by atoms with Gasteiger partial charge >= 0.3 is 5.97 Å². The van der Waals surface area contributed by atoms with Gasteiger partial charge in [-0.25, -0.2) is 4.79 Å². The summed E-state index contributed by atoms with van der Waals surface area (Å²) in [6.07, 6.45) is 1.90. The summed E-state index contributed by atoms with van der Waals surface area (Å²) in [6, 6.07) is 7.26. The SMILES string of the molecule is COc1ccc(SOC(=O)C2CCCN2)cc1. The standard InChI is InChI=1S/C12H15NO3S/c1-15-9-4-6-10(7-5-9)17-16-12(14)11-3-2-8-13-11/h4-7,11,13H,2-3,8H2,1H3. The van der Waals surface area contributed by atoms with Crippen molar-refractivity contribution in [2.75, 3.05) is 13.7 Å². The van der Waals surface area contributed by atoms with E-state index in [0.29, 0.717) is 0 Å². The molecule has 0 bridgehead atoms. The molecule has 1 aliphatic heterocycles. The normalized spacial score (nSPS) is 19.0. The van der Waals surface area contributed by atoms with Crippen molar-refractivity contribution in [3.63, 3.8) is 0 Å². The van der Waals surface area contributed by atoms with Gasteiger partial charge in [-0.15, -0.1) is 0 Å². The molecule has 1 heterocycles. The third-order valence-corrected chi connectivity index (χ3v) is 3.34. The minimum atomic E-state index is -0.191. The van der Waals surface area contributed by atoms with Crippen LogP contribution in [-0.2, 0) is 8.98 Å². The average molecular weight is 253 g/mol. The molecule has 0 amide bonds. The molecule has 0 aliphatic carbocycles. The van der Waals surface area contributed by atoms with E-state index >= 15 is 0 Å². The minimum absolute atomic E-state index is 0.138. The van der Waals surface area contributed by atoms with Crippen molar-refractivity contribution in [1.82, 2.24) is 5.32 Å². The molecule has 0 aromatic heterocycles. The predicted molar refractivity (Wildman–Crippen MR) is 66.0 cm³/mol. The van der Waals surface area contributed by atoms with Crippen molar-refractivity contribution in [2.45, 2.75) is 23.8 Å². The molecule has 92 valence electrons. The zero-order valence-electron chi connectivity index (χ0n) is 9.64. The van der Waals surface area contributed by atoms with Crippen LogP contribution in [0.15, 0.2) is 29.2 Å². The summed E-state index contributed by atoms with van der Waals surface area (Å²) in [5, 5.41) is 3.10. The molecule has 2 rings (SSSR count). The Morgan fingerprint density at radius 1 is 1.41 bits per heavy atom. The van der Waals surface area contributed by atoms with Gasteiger partial charge in [-0.05, 0) is 43.7 Å². The van der Waals surface area contributed by atoms with Gasteiger partial charge in [-0.3, -0.25) is 0 Å². The molecule has 1 N–H and O–H groups in total. The van der Waals surface area contributed by atoms with Crippen LogP contribution in [0, 0.1) is 0 Å². The van der Waals surface area contributed by atoms with Crippen molar-refractivity contribution >= 4 is 18.0 Å². The first-order valence-corrected chi connectivity index (χ1v) is 6.29. The van der Waals surface area contributed by atoms with E-state index in [9.17, 15) is 4.79 Å². The number of methoxy groups -OCH3 is 1. The van der Waals surface area contributed by atoms with Gasteiger partial charge in [0.25, 0.3) is 0 Å². The summed E-state index contributed by atoms with van der Waals surface area (Å²) < 4.78 is 10.2. The topological polar surface area (TPSA) is 47.6 Å². The Morgan fingerprint density at radius 3 is 2.76 bits per heavy atom. The van der Waals surface area contributed by atoms with Crippen LogP contribution in [-0.4, -0.2) is 25.7 Å². The fourth-order valence-electron chi connectivity index (χ4n) is 1.66. The first-order chi connectivity index (χ1) is 8.29. The summed E-state index contributed by atoms with van der Waals surface area (Å²) in [6.45, 7) is 0.896. The first-order valence-electron chi connectivity index (χ1n) is 5.55. The number of ether oxygens (including phenoxy) is 1. The second kappa shape index (κ2) is 5.93. The van der Waals surface area contributed by atoms with Crippen LogP contribution in [0.5, 0.6) is 5.75 Å². The second-order valence-electron chi connectivity index (χ2n) is 3.81. The Labute approximate surface area is 105 Å². The van der Waals surface area contributed by atoms with Crippen molar-refractivity contribution in [3.05, 3.63) is 24.3 Å². The fourth-order valence-corrected chi connectivity index (χ4v) is 2.21. The van der Waals surface area contributed by atoms with Crippen LogP contribution in [0.1, 0.15) is 12.8 Å². The zero-order chi connectivity index (χ0) is 12.1. The highest BCUT2D eigenvalue weighted by Crippen LogP contribution is 2.23. The van der Waals surface area contributed by atoms with Crippen LogP contribution >= 0.6 is 12.0 Å². The zero-order valence-corrected chi connectivity index (χ0v) is 10.5. The molecule has 1 unspecified atom stereocenters. The maximum Gasteiger partial charge on any atom is 0.335 e. The van der Waals surface area contributed by atoms with Crippen LogP contribution in [0.4, 0.5) is 0 Å². The van der Waals surface area contributed by atoms with Gasteiger partial charge in [-0.1, -0.05) is 0 Å². The molecule has 0 radical (unpaired) electrons. The van der Waals surface area contributed by atoms with E-state index < -0.39 is 0 Å². The van der Waals surface area contributed by atoms with Gasteiger partial charge in [-0.2, -0.15) is 0 Å². The predicted octanol–water partition coefficient (Wildman–Crippen LogP) is 2.00. The lowest BCUT2D eigenvalue weighted by molar-refractivity contribution is -0.134. The van der Waals surface area contributed by atoms with Crippen molar-refractivity contribution in [1.29, 1.82) is 0 Å². The van der Waals surface area contributed by atoms with E-state index in [1.165, 1.54) is 0 Å². The van der Waals surface area contributed by atoms with Crippen molar-refractivity contribution < 1.29 is 13.7 Å². The van der Waals surface area contributed by atoms with Gasteiger partial charge in [0, 0.05) is 4.90 Å². The lowest BCUT2D eigenvalue weighted by Gasteiger charge is -2.08. The molecule has 0 spiro atoms. The number of hydrogen-bond donors (Lipinski definition) is 1. The lowest BCUT2D eigenvalue weighted by Crippen LogP contribution is -2.31. The van der Waals surface area contributed by atoms with Crippen LogP contribution in [0.3, 0.4) is 0 Å². The largest absolute Gasteiger partial charge is 0.497 e. The molecule has 0 saturated carbocycles. The summed E-state index contributed by atoms with van der Waals surface area (Å²) in [5.74, 6) is 0.599. The highest BCUT2D eigenvalue weighted by Gasteiger charge is 2.23. The summed E-state index contributed by atoms with van der Waals surface area (Å²) in [7, 11) is 1.62. The molecular weight excluding hydrogens is 238 g/mol. The second-order valence-corrected chi connectivity index (χ2v) is 4.61. The quantitative estimate of drug-likeness (QED) is 0.832. The van der Waals surface area contributed by atoms with Gasteiger partial charge in [0.1, 0.15) is 11.8 Å². The molecule has 1 atom stereocenters. The molecule has 1 aromatic carbocycles. The monoisotopic (exact) mass is 253 g/mol. The third-order valence-electron chi connectivity index (χ3n) is 2.62. The first kappa shape index (κ1) is 12.3. The average Bonchev–Trinajstić information content (AvgIpc) is 2.90. The van der Waals surface area contributed by atoms with E-state index in [1.807, 2.05) is 24.3 Å². The minimum Gasteiger partial charge on any atom is -0.497 e. The van der Waals surface area contributed by atoms with E-state index in [-0.39, 0.29) is 12.0 Å². The molecule has 4 nitrogen and oxygen atoms in total. The van der Waals surface area contributed by atoms with Gasteiger partial charge in [0.15, 0.2) is 0 Å².